The lowest BCUT2D eigenvalue weighted by molar-refractivity contribution is -0.132. The van der Waals surface area contributed by atoms with Crippen molar-refractivity contribution in [2.75, 3.05) is 26.7 Å². The van der Waals surface area contributed by atoms with E-state index in [1.807, 2.05) is 17.9 Å². The monoisotopic (exact) mass is 409 g/mol. The Bertz CT molecular complexity index is 540. The molecule has 0 saturated carbocycles. The largest absolute Gasteiger partial charge is 0.338 e. The van der Waals surface area contributed by atoms with Crippen LogP contribution in [0.5, 0.6) is 0 Å². The minimum absolute atomic E-state index is 0. The SMILES string of the molecule is CC1CC(CN)CN1C(=O)CN(C)C(=O)c1ccc(Br)s1.Cl. The molecule has 1 aliphatic rings. The second kappa shape index (κ2) is 8.29. The molecule has 2 rings (SSSR count). The van der Waals surface area contributed by atoms with Crippen molar-refractivity contribution < 1.29 is 9.59 Å². The summed E-state index contributed by atoms with van der Waals surface area (Å²) in [6.45, 7) is 3.44. The molecule has 2 heterocycles. The van der Waals surface area contributed by atoms with Crippen LogP contribution < -0.4 is 5.73 Å². The molecule has 0 aliphatic carbocycles. The molecule has 0 aromatic carbocycles. The molecule has 2 N–H and O–H groups in total. The lowest BCUT2D eigenvalue weighted by atomic mass is 10.1. The summed E-state index contributed by atoms with van der Waals surface area (Å²) in [5, 5.41) is 0. The molecular formula is C14H21BrClN3O2S. The number of carbonyl (C=O) groups is 2. The summed E-state index contributed by atoms with van der Waals surface area (Å²) in [5.74, 6) is 0.240. The van der Waals surface area contributed by atoms with Crippen LogP contribution in [0.25, 0.3) is 0 Å². The van der Waals surface area contributed by atoms with Crippen molar-refractivity contribution in [3.05, 3.63) is 20.8 Å². The van der Waals surface area contributed by atoms with Gasteiger partial charge in [-0.05, 0) is 53.9 Å². The average Bonchev–Trinajstić information content (AvgIpc) is 3.03. The quantitative estimate of drug-likeness (QED) is 0.827. The number of hydrogen-bond acceptors (Lipinski definition) is 4. The van der Waals surface area contributed by atoms with Crippen LogP contribution >= 0.6 is 39.7 Å². The number of halogens is 2. The van der Waals surface area contributed by atoms with E-state index >= 15 is 0 Å². The highest BCUT2D eigenvalue weighted by Crippen LogP contribution is 2.24. The van der Waals surface area contributed by atoms with E-state index in [1.54, 1.807) is 13.1 Å². The molecule has 2 atom stereocenters. The predicted molar refractivity (Wildman–Crippen MR) is 94.6 cm³/mol. The van der Waals surface area contributed by atoms with Crippen LogP contribution in [0.15, 0.2) is 15.9 Å². The van der Waals surface area contributed by atoms with E-state index in [-0.39, 0.29) is 36.8 Å². The Balaban J connectivity index is 0.00000242. The Morgan fingerprint density at radius 2 is 2.18 bits per heavy atom. The highest BCUT2D eigenvalue weighted by Gasteiger charge is 2.32. The van der Waals surface area contributed by atoms with Gasteiger partial charge in [-0.25, -0.2) is 0 Å². The predicted octanol–water partition coefficient (Wildman–Crippen LogP) is 2.20. The Kier molecular flexibility index (Phi) is 7.31. The fourth-order valence-corrected chi connectivity index (χ4v) is 4.02. The minimum atomic E-state index is -0.124. The van der Waals surface area contributed by atoms with Gasteiger partial charge in [0, 0.05) is 19.6 Å². The van der Waals surface area contributed by atoms with E-state index in [0.29, 0.717) is 23.9 Å². The molecule has 22 heavy (non-hydrogen) atoms. The maximum Gasteiger partial charge on any atom is 0.264 e. The first-order chi connectivity index (χ1) is 9.92. The van der Waals surface area contributed by atoms with Crippen LogP contribution in [0.4, 0.5) is 0 Å². The molecule has 0 spiro atoms. The summed E-state index contributed by atoms with van der Waals surface area (Å²) in [4.78, 5) is 28.5. The Labute approximate surface area is 149 Å². The lowest BCUT2D eigenvalue weighted by Crippen LogP contribution is -2.42. The van der Waals surface area contributed by atoms with Crippen molar-refractivity contribution in [1.82, 2.24) is 9.80 Å². The summed E-state index contributed by atoms with van der Waals surface area (Å²) >= 11 is 4.71. The van der Waals surface area contributed by atoms with Crippen LogP contribution in [-0.2, 0) is 4.79 Å². The summed E-state index contributed by atoms with van der Waals surface area (Å²) in [6.07, 6.45) is 0.942. The molecule has 1 saturated heterocycles. The molecule has 8 heteroatoms. The van der Waals surface area contributed by atoms with E-state index in [9.17, 15) is 9.59 Å². The van der Waals surface area contributed by atoms with E-state index in [4.69, 9.17) is 5.73 Å². The third-order valence-electron chi connectivity index (χ3n) is 3.82. The third-order valence-corrected chi connectivity index (χ3v) is 5.43. The van der Waals surface area contributed by atoms with Gasteiger partial charge in [-0.15, -0.1) is 23.7 Å². The van der Waals surface area contributed by atoms with Crippen molar-refractivity contribution >= 4 is 51.5 Å². The summed E-state index contributed by atoms with van der Waals surface area (Å²) in [7, 11) is 1.66. The highest BCUT2D eigenvalue weighted by molar-refractivity contribution is 9.11. The summed E-state index contributed by atoms with van der Waals surface area (Å²) in [6, 6.07) is 3.80. The molecular weight excluding hydrogens is 390 g/mol. The first kappa shape index (κ1) is 19.4. The van der Waals surface area contributed by atoms with E-state index in [2.05, 4.69) is 15.9 Å². The Morgan fingerprint density at radius 1 is 1.50 bits per heavy atom. The molecule has 5 nitrogen and oxygen atoms in total. The number of likely N-dealkylation sites (tertiary alicyclic amines) is 1. The minimum Gasteiger partial charge on any atom is -0.338 e. The van der Waals surface area contributed by atoms with Crippen LogP contribution in [0.1, 0.15) is 23.0 Å². The number of nitrogens with two attached hydrogens (primary N) is 1. The molecule has 1 aromatic heterocycles. The summed E-state index contributed by atoms with van der Waals surface area (Å²) < 4.78 is 0.907. The van der Waals surface area contributed by atoms with Crippen molar-refractivity contribution in [3.8, 4) is 0 Å². The van der Waals surface area contributed by atoms with Gasteiger partial charge in [-0.2, -0.15) is 0 Å². The van der Waals surface area contributed by atoms with Gasteiger partial charge in [0.25, 0.3) is 5.91 Å². The molecule has 0 radical (unpaired) electrons. The van der Waals surface area contributed by atoms with E-state index < -0.39 is 0 Å². The van der Waals surface area contributed by atoms with Crippen LogP contribution in [0.3, 0.4) is 0 Å². The molecule has 0 bridgehead atoms. The van der Waals surface area contributed by atoms with Gasteiger partial charge in [0.15, 0.2) is 0 Å². The number of nitrogens with zero attached hydrogens (tertiary/aromatic N) is 2. The molecule has 124 valence electrons. The van der Waals surface area contributed by atoms with E-state index in [0.717, 1.165) is 10.2 Å². The zero-order chi connectivity index (χ0) is 15.6. The highest BCUT2D eigenvalue weighted by atomic mass is 79.9. The molecule has 2 amide bonds. The number of hydrogen-bond donors (Lipinski definition) is 1. The maximum absolute atomic E-state index is 12.4. The zero-order valence-electron chi connectivity index (χ0n) is 12.6. The normalized spacial score (nSPS) is 20.6. The van der Waals surface area contributed by atoms with Gasteiger partial charge >= 0.3 is 0 Å². The zero-order valence-corrected chi connectivity index (χ0v) is 15.8. The van der Waals surface area contributed by atoms with Crippen LogP contribution in [0, 0.1) is 5.92 Å². The Hall–Kier alpha value is -0.630. The van der Waals surface area contributed by atoms with Crippen molar-refractivity contribution in [1.29, 1.82) is 0 Å². The van der Waals surface area contributed by atoms with Gasteiger partial charge in [-0.3, -0.25) is 9.59 Å². The second-order valence-electron chi connectivity index (χ2n) is 5.50. The lowest BCUT2D eigenvalue weighted by Gasteiger charge is -2.24. The second-order valence-corrected chi connectivity index (χ2v) is 7.96. The van der Waals surface area contributed by atoms with Gasteiger partial charge in [0.1, 0.15) is 0 Å². The van der Waals surface area contributed by atoms with Crippen molar-refractivity contribution in [2.45, 2.75) is 19.4 Å². The van der Waals surface area contributed by atoms with Crippen molar-refractivity contribution in [2.24, 2.45) is 11.7 Å². The number of thiophene rings is 1. The van der Waals surface area contributed by atoms with Crippen molar-refractivity contribution in [3.63, 3.8) is 0 Å². The first-order valence-corrected chi connectivity index (χ1v) is 8.53. The molecule has 1 fully saturated rings. The first-order valence-electron chi connectivity index (χ1n) is 6.92. The third kappa shape index (κ3) is 4.44. The molecule has 1 aromatic rings. The van der Waals surface area contributed by atoms with Gasteiger partial charge in [0.05, 0.1) is 15.2 Å². The van der Waals surface area contributed by atoms with Gasteiger partial charge in [-0.1, -0.05) is 0 Å². The maximum atomic E-state index is 12.4. The number of rotatable bonds is 4. The van der Waals surface area contributed by atoms with Crippen LogP contribution in [-0.4, -0.2) is 54.3 Å². The smallest absolute Gasteiger partial charge is 0.264 e. The van der Waals surface area contributed by atoms with Crippen LogP contribution in [0.2, 0.25) is 0 Å². The fourth-order valence-electron chi connectivity index (χ4n) is 2.64. The molecule has 1 aliphatic heterocycles. The standard InChI is InChI=1S/C14H20BrN3O2S.ClH/c1-9-5-10(6-16)7-18(9)13(19)8-17(2)14(20)11-3-4-12(15)21-11;/h3-4,9-10H,5-8,16H2,1-2H3;1H. The fraction of sp³-hybridized carbons (Fsp3) is 0.571. The topological polar surface area (TPSA) is 66.6 Å². The number of amides is 2. The number of carbonyl (C=O) groups excluding carboxylic acids is 2. The molecule has 2 unspecified atom stereocenters. The van der Waals surface area contributed by atoms with Gasteiger partial charge in [0.2, 0.25) is 5.91 Å². The Morgan fingerprint density at radius 3 is 2.68 bits per heavy atom. The average molecular weight is 411 g/mol. The van der Waals surface area contributed by atoms with E-state index in [1.165, 1.54) is 16.2 Å². The summed E-state index contributed by atoms with van der Waals surface area (Å²) in [5.41, 5.74) is 5.68. The number of likely N-dealkylation sites (N-methyl/N-ethyl adjacent to an activating group) is 1. The van der Waals surface area contributed by atoms with Gasteiger partial charge < -0.3 is 15.5 Å².